The Morgan fingerprint density at radius 1 is 1.59 bits per heavy atom. The quantitative estimate of drug-likeness (QED) is 0.857. The predicted molar refractivity (Wildman–Crippen MR) is 61.0 cm³/mol. The van der Waals surface area contributed by atoms with Crippen molar-refractivity contribution in [3.05, 3.63) is 29.8 Å². The number of oxazole rings is 1. The Morgan fingerprint density at radius 3 is 2.94 bits per heavy atom. The van der Waals surface area contributed by atoms with Crippen molar-refractivity contribution in [3.63, 3.8) is 0 Å². The van der Waals surface area contributed by atoms with Gasteiger partial charge in [-0.3, -0.25) is 0 Å². The van der Waals surface area contributed by atoms with Gasteiger partial charge < -0.3 is 15.3 Å². The first-order chi connectivity index (χ1) is 8.06. The number of anilines is 1. The van der Waals surface area contributed by atoms with E-state index in [1.165, 1.54) is 18.5 Å². The molecule has 2 rings (SSSR count). The van der Waals surface area contributed by atoms with Gasteiger partial charge in [0.25, 0.3) is 5.22 Å². The molecule has 2 heterocycles. The predicted octanol–water partition coefficient (Wildman–Crippen LogP) is 1.81. The molecule has 0 fully saturated rings. The highest BCUT2D eigenvalue weighted by Crippen LogP contribution is 2.27. The van der Waals surface area contributed by atoms with Gasteiger partial charge in [-0.05, 0) is 24.8 Å². The van der Waals surface area contributed by atoms with Crippen LogP contribution in [-0.2, 0) is 0 Å². The molecule has 0 spiro atoms. The molecule has 88 valence electrons. The molecule has 0 bridgehead atoms. The molecular weight excluding hydrogens is 242 g/mol. The van der Waals surface area contributed by atoms with Gasteiger partial charge in [-0.15, -0.1) is 0 Å². The molecule has 3 N–H and O–H groups in total. The summed E-state index contributed by atoms with van der Waals surface area (Å²) >= 11 is 1.14. The zero-order valence-corrected chi connectivity index (χ0v) is 9.69. The van der Waals surface area contributed by atoms with E-state index < -0.39 is 5.97 Å². The third-order valence-electron chi connectivity index (χ3n) is 1.93. The number of nitrogen functional groups attached to an aromatic ring is 1. The van der Waals surface area contributed by atoms with Crippen molar-refractivity contribution >= 4 is 23.4 Å². The maximum atomic E-state index is 10.9. The van der Waals surface area contributed by atoms with Gasteiger partial charge in [-0.2, -0.15) is 0 Å². The van der Waals surface area contributed by atoms with Gasteiger partial charge in [0, 0.05) is 0 Å². The number of carbonyl (C=O) groups is 1. The third kappa shape index (κ3) is 2.56. The van der Waals surface area contributed by atoms with E-state index in [1.807, 2.05) is 0 Å². The lowest BCUT2D eigenvalue weighted by molar-refractivity contribution is 0.0697. The number of aryl methyl sites for hydroxylation is 1. The molecule has 0 aromatic carbocycles. The minimum Gasteiger partial charge on any atom is -0.478 e. The van der Waals surface area contributed by atoms with Gasteiger partial charge in [0.05, 0.1) is 23.1 Å². The average Bonchev–Trinajstić information content (AvgIpc) is 2.66. The summed E-state index contributed by atoms with van der Waals surface area (Å²) in [6.07, 6.45) is 2.82. The molecule has 0 amide bonds. The van der Waals surface area contributed by atoms with E-state index in [-0.39, 0.29) is 11.3 Å². The molecule has 7 heteroatoms. The SMILES string of the molecule is Cc1coc(Sc2cc(C(=O)O)c(N)cn2)n1. The molecule has 0 saturated carbocycles. The summed E-state index contributed by atoms with van der Waals surface area (Å²) in [5.41, 5.74) is 6.40. The molecule has 0 saturated heterocycles. The number of rotatable bonds is 3. The Balaban J connectivity index is 2.28. The third-order valence-corrected chi connectivity index (χ3v) is 2.72. The first-order valence-corrected chi connectivity index (χ1v) is 5.46. The maximum absolute atomic E-state index is 10.9. The second-order valence-corrected chi connectivity index (χ2v) is 4.24. The van der Waals surface area contributed by atoms with Crippen molar-refractivity contribution in [2.75, 3.05) is 5.73 Å². The number of aromatic nitrogens is 2. The van der Waals surface area contributed by atoms with Crippen LogP contribution in [0.4, 0.5) is 5.69 Å². The zero-order valence-electron chi connectivity index (χ0n) is 8.88. The largest absolute Gasteiger partial charge is 0.478 e. The van der Waals surface area contributed by atoms with Crippen LogP contribution in [0.3, 0.4) is 0 Å². The Kier molecular flexibility index (Phi) is 3.01. The van der Waals surface area contributed by atoms with Crippen molar-refractivity contribution < 1.29 is 14.3 Å². The lowest BCUT2D eigenvalue weighted by atomic mass is 10.2. The average molecular weight is 251 g/mol. The summed E-state index contributed by atoms with van der Waals surface area (Å²) in [6, 6.07) is 1.39. The van der Waals surface area contributed by atoms with E-state index in [9.17, 15) is 4.79 Å². The molecule has 0 aliphatic carbocycles. The van der Waals surface area contributed by atoms with E-state index in [0.29, 0.717) is 10.2 Å². The summed E-state index contributed by atoms with van der Waals surface area (Å²) in [7, 11) is 0. The number of hydrogen-bond acceptors (Lipinski definition) is 6. The van der Waals surface area contributed by atoms with Gasteiger partial charge in [0.2, 0.25) is 0 Å². The molecule has 2 aromatic rings. The van der Waals surface area contributed by atoms with E-state index in [2.05, 4.69) is 9.97 Å². The molecular formula is C10H9N3O3S. The van der Waals surface area contributed by atoms with Gasteiger partial charge >= 0.3 is 5.97 Å². The smallest absolute Gasteiger partial charge is 0.337 e. The monoisotopic (exact) mass is 251 g/mol. The van der Waals surface area contributed by atoms with E-state index in [1.54, 1.807) is 6.92 Å². The Bertz CT molecular complexity index is 568. The first-order valence-electron chi connectivity index (χ1n) is 4.65. The summed E-state index contributed by atoms with van der Waals surface area (Å²) < 4.78 is 5.13. The number of nitrogens with zero attached hydrogens (tertiary/aromatic N) is 2. The fraction of sp³-hybridized carbons (Fsp3) is 0.100. The molecule has 0 unspecified atom stereocenters. The van der Waals surface area contributed by atoms with Crippen molar-refractivity contribution in [1.29, 1.82) is 0 Å². The lowest BCUT2D eigenvalue weighted by Gasteiger charge is -2.01. The maximum Gasteiger partial charge on any atom is 0.337 e. The molecule has 0 aliphatic rings. The van der Waals surface area contributed by atoms with Gasteiger partial charge in [0.15, 0.2) is 0 Å². The van der Waals surface area contributed by atoms with E-state index in [4.69, 9.17) is 15.3 Å². The Hall–Kier alpha value is -2.02. The minimum absolute atomic E-state index is 0.0192. The van der Waals surface area contributed by atoms with E-state index in [0.717, 1.165) is 17.5 Å². The summed E-state index contributed by atoms with van der Waals surface area (Å²) in [6.45, 7) is 1.80. The van der Waals surface area contributed by atoms with E-state index >= 15 is 0 Å². The van der Waals surface area contributed by atoms with Crippen molar-refractivity contribution in [3.8, 4) is 0 Å². The fourth-order valence-electron chi connectivity index (χ4n) is 1.16. The minimum atomic E-state index is -1.09. The van der Waals surface area contributed by atoms with Crippen LogP contribution in [0.2, 0.25) is 0 Å². The number of carboxylic acid groups (broad SMARTS) is 1. The fourth-order valence-corrected chi connectivity index (χ4v) is 1.90. The second kappa shape index (κ2) is 4.46. The first kappa shape index (κ1) is 11.5. The summed E-state index contributed by atoms with van der Waals surface area (Å²) in [4.78, 5) is 19.0. The lowest BCUT2D eigenvalue weighted by Crippen LogP contribution is -2.03. The molecule has 17 heavy (non-hydrogen) atoms. The van der Waals surface area contributed by atoms with Gasteiger partial charge in [-0.25, -0.2) is 14.8 Å². The zero-order chi connectivity index (χ0) is 12.4. The number of nitrogens with two attached hydrogens (primary N) is 1. The van der Waals surface area contributed by atoms with Crippen LogP contribution in [0, 0.1) is 6.92 Å². The van der Waals surface area contributed by atoms with Gasteiger partial charge in [-0.1, -0.05) is 0 Å². The van der Waals surface area contributed by atoms with Crippen LogP contribution in [0.1, 0.15) is 16.1 Å². The summed E-state index contributed by atoms with van der Waals surface area (Å²) in [5.74, 6) is -1.09. The van der Waals surface area contributed by atoms with Crippen LogP contribution in [0.15, 0.2) is 33.2 Å². The number of aromatic carboxylic acids is 1. The number of pyridine rings is 1. The van der Waals surface area contributed by atoms with Crippen LogP contribution in [0.5, 0.6) is 0 Å². The molecule has 6 nitrogen and oxygen atoms in total. The topological polar surface area (TPSA) is 102 Å². The Labute approximate surface area is 101 Å². The number of hydrogen-bond donors (Lipinski definition) is 2. The van der Waals surface area contributed by atoms with Crippen molar-refractivity contribution in [2.24, 2.45) is 0 Å². The second-order valence-electron chi connectivity index (χ2n) is 3.27. The standard InChI is InChI=1S/C10H9N3O3S/c1-5-4-16-10(13-5)17-8-2-6(9(14)15)7(11)3-12-8/h2-4H,11H2,1H3,(H,14,15). The van der Waals surface area contributed by atoms with Crippen molar-refractivity contribution in [1.82, 2.24) is 9.97 Å². The van der Waals surface area contributed by atoms with Crippen LogP contribution < -0.4 is 5.73 Å². The number of carboxylic acids is 1. The molecule has 0 radical (unpaired) electrons. The highest BCUT2D eigenvalue weighted by molar-refractivity contribution is 7.99. The van der Waals surface area contributed by atoms with Crippen LogP contribution in [0.25, 0.3) is 0 Å². The highest BCUT2D eigenvalue weighted by atomic mass is 32.2. The molecule has 2 aromatic heterocycles. The molecule has 0 atom stereocenters. The summed E-state index contributed by atoms with van der Waals surface area (Å²) in [5, 5.41) is 9.79. The molecule has 0 aliphatic heterocycles. The highest BCUT2D eigenvalue weighted by Gasteiger charge is 2.12. The van der Waals surface area contributed by atoms with Gasteiger partial charge in [0.1, 0.15) is 11.3 Å². The Morgan fingerprint density at radius 2 is 2.35 bits per heavy atom. The van der Waals surface area contributed by atoms with Crippen LogP contribution in [-0.4, -0.2) is 21.0 Å². The van der Waals surface area contributed by atoms with Crippen LogP contribution >= 0.6 is 11.8 Å². The van der Waals surface area contributed by atoms with Crippen molar-refractivity contribution in [2.45, 2.75) is 17.2 Å². The normalized spacial score (nSPS) is 10.4.